The van der Waals surface area contributed by atoms with Crippen LogP contribution in [0.25, 0.3) is 0 Å². The standard InChI is InChI=1S/C7H8FNO3S/c1-5-6(13(8,10)11)3-4-7(9-5)12-2/h3-4H,1-2H3. The lowest BCUT2D eigenvalue weighted by molar-refractivity contribution is 0.396. The molecule has 0 radical (unpaired) electrons. The fraction of sp³-hybridized carbons (Fsp3) is 0.286. The molecule has 0 atom stereocenters. The number of methoxy groups -OCH3 is 1. The summed E-state index contributed by atoms with van der Waals surface area (Å²) in [6.07, 6.45) is 0. The molecule has 0 aromatic carbocycles. The van der Waals surface area contributed by atoms with Gasteiger partial charge < -0.3 is 4.74 Å². The lowest BCUT2D eigenvalue weighted by atomic mass is 10.4. The van der Waals surface area contributed by atoms with Crippen LogP contribution in [-0.4, -0.2) is 20.5 Å². The van der Waals surface area contributed by atoms with Crippen LogP contribution in [0.5, 0.6) is 5.88 Å². The molecule has 0 saturated heterocycles. The van der Waals surface area contributed by atoms with E-state index in [0.717, 1.165) is 6.07 Å². The molecular formula is C7H8FNO3S. The van der Waals surface area contributed by atoms with Crippen LogP contribution < -0.4 is 4.74 Å². The average molecular weight is 205 g/mol. The zero-order valence-corrected chi connectivity index (χ0v) is 7.93. The molecule has 0 aliphatic rings. The molecule has 1 rings (SSSR count). The van der Waals surface area contributed by atoms with Crippen molar-refractivity contribution in [2.75, 3.05) is 7.11 Å². The van der Waals surface area contributed by atoms with Crippen LogP contribution >= 0.6 is 0 Å². The van der Waals surface area contributed by atoms with Gasteiger partial charge in [-0.1, -0.05) is 0 Å². The SMILES string of the molecule is COc1ccc(S(=O)(=O)F)c(C)n1. The second-order valence-corrected chi connectivity index (χ2v) is 3.69. The quantitative estimate of drug-likeness (QED) is 0.677. The molecular weight excluding hydrogens is 197 g/mol. The van der Waals surface area contributed by atoms with Crippen molar-refractivity contribution in [3.63, 3.8) is 0 Å². The second kappa shape index (κ2) is 3.29. The number of aromatic nitrogens is 1. The predicted molar refractivity (Wildman–Crippen MR) is 43.8 cm³/mol. The molecule has 0 unspecified atom stereocenters. The number of ether oxygens (including phenoxy) is 1. The number of nitrogens with zero attached hydrogens (tertiary/aromatic N) is 1. The largest absolute Gasteiger partial charge is 0.481 e. The van der Waals surface area contributed by atoms with Gasteiger partial charge in [-0.25, -0.2) is 4.98 Å². The van der Waals surface area contributed by atoms with Gasteiger partial charge >= 0.3 is 10.2 Å². The summed E-state index contributed by atoms with van der Waals surface area (Å²) >= 11 is 0. The van der Waals surface area contributed by atoms with Crippen molar-refractivity contribution in [1.29, 1.82) is 0 Å². The molecule has 72 valence electrons. The minimum Gasteiger partial charge on any atom is -0.481 e. The number of rotatable bonds is 2. The predicted octanol–water partition coefficient (Wildman–Crippen LogP) is 1.06. The first-order chi connectivity index (χ1) is 5.95. The molecule has 0 bridgehead atoms. The minimum atomic E-state index is -4.68. The van der Waals surface area contributed by atoms with Gasteiger partial charge in [0.2, 0.25) is 5.88 Å². The van der Waals surface area contributed by atoms with Gasteiger partial charge in [0.05, 0.1) is 12.8 Å². The molecule has 0 aliphatic heterocycles. The summed E-state index contributed by atoms with van der Waals surface area (Å²) in [5.74, 6) is 0.255. The molecule has 1 aromatic rings. The summed E-state index contributed by atoms with van der Waals surface area (Å²) < 4.78 is 38.3. The normalized spacial score (nSPS) is 11.3. The molecule has 0 saturated carbocycles. The monoisotopic (exact) mass is 205 g/mol. The van der Waals surface area contributed by atoms with Gasteiger partial charge in [-0.2, -0.15) is 8.42 Å². The van der Waals surface area contributed by atoms with Crippen molar-refractivity contribution in [2.24, 2.45) is 0 Å². The van der Waals surface area contributed by atoms with Crippen LogP contribution in [0.3, 0.4) is 0 Å². The summed E-state index contributed by atoms with van der Waals surface area (Å²) in [5.41, 5.74) is 0.0850. The third-order valence-corrected chi connectivity index (χ3v) is 2.44. The van der Waals surface area contributed by atoms with E-state index in [0.29, 0.717) is 0 Å². The summed E-state index contributed by atoms with van der Waals surface area (Å²) in [6, 6.07) is 2.41. The third-order valence-electron chi connectivity index (χ3n) is 1.48. The molecule has 0 aliphatic carbocycles. The number of halogens is 1. The average Bonchev–Trinajstić information content (AvgIpc) is 2.01. The first-order valence-electron chi connectivity index (χ1n) is 3.41. The Hall–Kier alpha value is -1.17. The fourth-order valence-electron chi connectivity index (χ4n) is 0.897. The Balaban J connectivity index is 3.29. The number of aryl methyl sites for hydroxylation is 1. The van der Waals surface area contributed by atoms with E-state index in [9.17, 15) is 12.3 Å². The van der Waals surface area contributed by atoms with Gasteiger partial charge in [0.25, 0.3) is 0 Å². The maximum Gasteiger partial charge on any atom is 0.333 e. The van der Waals surface area contributed by atoms with Gasteiger partial charge in [-0.15, -0.1) is 3.89 Å². The minimum absolute atomic E-state index is 0.0850. The molecule has 13 heavy (non-hydrogen) atoms. The molecule has 0 N–H and O–H groups in total. The first kappa shape index (κ1) is 9.91. The Morgan fingerprint density at radius 1 is 1.46 bits per heavy atom. The summed E-state index contributed by atoms with van der Waals surface area (Å²) in [4.78, 5) is 3.29. The van der Waals surface area contributed by atoms with Crippen molar-refractivity contribution in [3.8, 4) is 5.88 Å². The Morgan fingerprint density at radius 2 is 2.08 bits per heavy atom. The summed E-state index contributed by atoms with van der Waals surface area (Å²) in [5, 5.41) is 0. The van der Waals surface area contributed by atoms with Gasteiger partial charge in [0, 0.05) is 6.07 Å². The van der Waals surface area contributed by atoms with Crippen LogP contribution in [0.15, 0.2) is 17.0 Å². The lowest BCUT2D eigenvalue weighted by Gasteiger charge is -2.02. The second-order valence-electron chi connectivity index (χ2n) is 2.38. The molecule has 4 nitrogen and oxygen atoms in total. The van der Waals surface area contributed by atoms with Crippen LogP contribution in [0.2, 0.25) is 0 Å². The Bertz CT molecular complexity index is 416. The Labute approximate surface area is 75.6 Å². The molecule has 0 spiro atoms. The highest BCUT2D eigenvalue weighted by molar-refractivity contribution is 7.86. The van der Waals surface area contributed by atoms with Crippen LogP contribution in [0.1, 0.15) is 5.69 Å². The van der Waals surface area contributed by atoms with E-state index in [1.165, 1.54) is 20.1 Å². The first-order valence-corrected chi connectivity index (χ1v) is 4.80. The molecule has 0 fully saturated rings. The summed E-state index contributed by atoms with van der Waals surface area (Å²) in [7, 11) is -3.28. The van der Waals surface area contributed by atoms with Gasteiger partial charge in [-0.05, 0) is 13.0 Å². The smallest absolute Gasteiger partial charge is 0.333 e. The van der Waals surface area contributed by atoms with E-state index in [1.807, 2.05) is 0 Å². The van der Waals surface area contributed by atoms with Crippen molar-refractivity contribution in [3.05, 3.63) is 17.8 Å². The molecule has 6 heteroatoms. The van der Waals surface area contributed by atoms with Crippen molar-refractivity contribution < 1.29 is 17.0 Å². The third kappa shape index (κ3) is 2.15. The van der Waals surface area contributed by atoms with E-state index < -0.39 is 15.1 Å². The van der Waals surface area contributed by atoms with Crippen molar-refractivity contribution in [2.45, 2.75) is 11.8 Å². The van der Waals surface area contributed by atoms with Gasteiger partial charge in [0.1, 0.15) is 4.90 Å². The number of pyridine rings is 1. The lowest BCUT2D eigenvalue weighted by Crippen LogP contribution is -1.99. The van der Waals surface area contributed by atoms with Crippen molar-refractivity contribution >= 4 is 10.2 Å². The van der Waals surface area contributed by atoms with Crippen LogP contribution in [0, 0.1) is 6.92 Å². The number of hydrogen-bond donors (Lipinski definition) is 0. The van der Waals surface area contributed by atoms with Gasteiger partial charge in [-0.3, -0.25) is 0 Å². The van der Waals surface area contributed by atoms with E-state index >= 15 is 0 Å². The highest BCUT2D eigenvalue weighted by Gasteiger charge is 2.16. The molecule has 1 heterocycles. The maximum atomic E-state index is 12.5. The fourth-order valence-corrected chi connectivity index (χ4v) is 1.53. The van der Waals surface area contributed by atoms with E-state index in [-0.39, 0.29) is 11.6 Å². The van der Waals surface area contributed by atoms with E-state index in [4.69, 9.17) is 4.74 Å². The highest BCUT2D eigenvalue weighted by atomic mass is 32.3. The van der Waals surface area contributed by atoms with Crippen LogP contribution in [-0.2, 0) is 10.2 Å². The van der Waals surface area contributed by atoms with E-state index in [2.05, 4.69) is 4.98 Å². The van der Waals surface area contributed by atoms with Gasteiger partial charge in [0.15, 0.2) is 0 Å². The maximum absolute atomic E-state index is 12.5. The van der Waals surface area contributed by atoms with E-state index in [1.54, 1.807) is 0 Å². The molecule has 1 aromatic heterocycles. The summed E-state index contributed by atoms with van der Waals surface area (Å²) in [6.45, 7) is 1.40. The zero-order valence-electron chi connectivity index (χ0n) is 7.11. The zero-order chi connectivity index (χ0) is 10.1. The van der Waals surface area contributed by atoms with Crippen molar-refractivity contribution in [1.82, 2.24) is 4.98 Å². The molecule has 0 amide bonds. The Morgan fingerprint density at radius 3 is 2.46 bits per heavy atom. The van der Waals surface area contributed by atoms with Crippen LogP contribution in [0.4, 0.5) is 3.89 Å². The highest BCUT2D eigenvalue weighted by Crippen LogP contribution is 2.18. The number of hydrogen-bond acceptors (Lipinski definition) is 4. The Kier molecular flexibility index (Phi) is 2.51. The topological polar surface area (TPSA) is 56.3 Å².